The van der Waals surface area contributed by atoms with Gasteiger partial charge in [0, 0.05) is 12.7 Å². The van der Waals surface area contributed by atoms with E-state index in [9.17, 15) is 9.59 Å². The molecular weight excluding hydrogens is 260 g/mol. The van der Waals surface area contributed by atoms with Crippen LogP contribution in [-0.4, -0.2) is 34.5 Å². The molecule has 4 nitrogen and oxygen atoms in total. The fourth-order valence-electron chi connectivity index (χ4n) is 3.18. The number of anilines is 1. The normalized spacial score (nSPS) is 32.8. The van der Waals surface area contributed by atoms with E-state index in [2.05, 4.69) is 0 Å². The van der Waals surface area contributed by atoms with Gasteiger partial charge < -0.3 is 4.90 Å². The Hall–Kier alpha value is -1.49. The third kappa shape index (κ3) is 1.13. The number of amides is 2. The fourth-order valence-corrected chi connectivity index (χ4v) is 4.64. The van der Waals surface area contributed by atoms with Crippen LogP contribution in [0, 0.1) is 5.41 Å². The monoisotopic (exact) mass is 276 g/mol. The molecule has 2 fully saturated rings. The van der Waals surface area contributed by atoms with E-state index in [4.69, 9.17) is 0 Å². The summed E-state index contributed by atoms with van der Waals surface area (Å²) in [5, 5.41) is 0. The molecule has 1 aromatic carbocycles. The number of likely N-dealkylation sites (tertiary alicyclic amines) is 1. The zero-order valence-corrected chi connectivity index (χ0v) is 12.0. The van der Waals surface area contributed by atoms with Crippen LogP contribution in [0.25, 0.3) is 0 Å². The molecule has 0 aliphatic carbocycles. The summed E-state index contributed by atoms with van der Waals surface area (Å²) in [7, 11) is 1.77. The Morgan fingerprint density at radius 3 is 2.37 bits per heavy atom. The first-order valence-electron chi connectivity index (χ1n) is 6.33. The first-order chi connectivity index (χ1) is 9.01. The maximum Gasteiger partial charge on any atom is 0.250 e. The second-order valence-electron chi connectivity index (χ2n) is 5.01. The van der Waals surface area contributed by atoms with Gasteiger partial charge in [-0.3, -0.25) is 14.5 Å². The van der Waals surface area contributed by atoms with E-state index in [1.807, 2.05) is 37.3 Å². The van der Waals surface area contributed by atoms with Gasteiger partial charge in [-0.1, -0.05) is 25.1 Å². The molecule has 2 saturated heterocycles. The lowest BCUT2D eigenvalue weighted by Gasteiger charge is -2.72. The van der Waals surface area contributed by atoms with Crippen molar-refractivity contribution in [2.24, 2.45) is 5.41 Å². The van der Waals surface area contributed by atoms with Crippen molar-refractivity contribution in [1.82, 2.24) is 4.90 Å². The SMILES string of the molecule is CCS[C@]12N(C)C(=O)[C@@]1(C)C(=O)N2c1ccccc1. The minimum Gasteiger partial charge on any atom is -0.311 e. The van der Waals surface area contributed by atoms with Crippen molar-refractivity contribution in [1.29, 1.82) is 0 Å². The number of nitrogens with zero attached hydrogens (tertiary/aromatic N) is 2. The molecule has 0 saturated carbocycles. The second-order valence-corrected chi connectivity index (χ2v) is 6.44. The maximum absolute atomic E-state index is 12.4. The van der Waals surface area contributed by atoms with Gasteiger partial charge >= 0.3 is 0 Å². The zero-order valence-electron chi connectivity index (χ0n) is 11.2. The minimum absolute atomic E-state index is 0.0781. The van der Waals surface area contributed by atoms with E-state index in [0.29, 0.717) is 0 Å². The smallest absolute Gasteiger partial charge is 0.250 e. The van der Waals surface area contributed by atoms with Crippen molar-refractivity contribution in [3.63, 3.8) is 0 Å². The molecule has 0 spiro atoms. The first kappa shape index (κ1) is 12.5. The van der Waals surface area contributed by atoms with Gasteiger partial charge in [0.25, 0.3) is 0 Å². The molecule has 2 aliphatic heterocycles. The lowest BCUT2D eigenvalue weighted by Crippen LogP contribution is -2.93. The van der Waals surface area contributed by atoms with Gasteiger partial charge in [-0.25, -0.2) is 0 Å². The van der Waals surface area contributed by atoms with Gasteiger partial charge in [0.15, 0.2) is 10.4 Å². The van der Waals surface area contributed by atoms with Crippen molar-refractivity contribution >= 4 is 29.3 Å². The van der Waals surface area contributed by atoms with E-state index in [0.717, 1.165) is 11.4 Å². The highest BCUT2D eigenvalue weighted by Gasteiger charge is 2.84. The predicted molar refractivity (Wildman–Crippen MR) is 75.7 cm³/mol. The highest BCUT2D eigenvalue weighted by molar-refractivity contribution is 8.01. The lowest BCUT2D eigenvalue weighted by molar-refractivity contribution is -0.192. The van der Waals surface area contributed by atoms with Crippen LogP contribution in [0.15, 0.2) is 30.3 Å². The van der Waals surface area contributed by atoms with Crippen molar-refractivity contribution in [3.8, 4) is 0 Å². The van der Waals surface area contributed by atoms with Gasteiger partial charge in [0.05, 0.1) is 0 Å². The Kier molecular flexibility index (Phi) is 2.48. The summed E-state index contributed by atoms with van der Waals surface area (Å²) in [5.74, 6) is 0.678. The zero-order chi connectivity index (χ0) is 13.8. The highest BCUT2D eigenvalue weighted by Crippen LogP contribution is 2.65. The number of para-hydroxylation sites is 1. The standard InChI is InChI=1S/C14H16N2O2S/c1-4-19-14-13(2,11(17)15(14)3)12(18)16(14)10-8-6-5-7-9-10/h5-9H,4H2,1-3H3/t13-,14-/m0/s1. The molecule has 0 unspecified atom stereocenters. The molecule has 1 aromatic rings. The highest BCUT2D eigenvalue weighted by atomic mass is 32.2. The van der Waals surface area contributed by atoms with Gasteiger partial charge in [-0.05, 0) is 24.8 Å². The molecule has 19 heavy (non-hydrogen) atoms. The van der Waals surface area contributed by atoms with Crippen LogP contribution in [0.1, 0.15) is 13.8 Å². The van der Waals surface area contributed by atoms with Crippen LogP contribution >= 0.6 is 11.8 Å². The van der Waals surface area contributed by atoms with Gasteiger partial charge in [0.2, 0.25) is 11.8 Å². The van der Waals surface area contributed by atoms with Crippen molar-refractivity contribution in [2.45, 2.75) is 18.8 Å². The predicted octanol–water partition coefficient (Wildman–Crippen LogP) is 1.92. The summed E-state index contributed by atoms with van der Waals surface area (Å²) in [5.41, 5.74) is -0.0385. The van der Waals surface area contributed by atoms with Crippen LogP contribution < -0.4 is 4.90 Å². The van der Waals surface area contributed by atoms with E-state index in [-0.39, 0.29) is 11.8 Å². The maximum atomic E-state index is 12.4. The molecule has 0 bridgehead atoms. The number of β-lactam (4-membered cyclic amide) rings is 2. The largest absolute Gasteiger partial charge is 0.311 e. The summed E-state index contributed by atoms with van der Waals surface area (Å²) in [4.78, 5) is 27.4. The number of hydrogen-bond acceptors (Lipinski definition) is 3. The summed E-state index contributed by atoms with van der Waals surface area (Å²) in [6.45, 7) is 3.81. The Labute approximate surface area is 116 Å². The Morgan fingerprint density at radius 1 is 1.16 bits per heavy atom. The average Bonchev–Trinajstić information content (AvgIpc) is 2.45. The van der Waals surface area contributed by atoms with Crippen molar-refractivity contribution in [3.05, 3.63) is 30.3 Å². The van der Waals surface area contributed by atoms with E-state index >= 15 is 0 Å². The van der Waals surface area contributed by atoms with Crippen LogP contribution in [-0.2, 0) is 9.59 Å². The van der Waals surface area contributed by atoms with Crippen LogP contribution in [0.2, 0.25) is 0 Å². The summed E-state index contributed by atoms with van der Waals surface area (Å²) < 4.78 is 0. The van der Waals surface area contributed by atoms with E-state index < -0.39 is 10.4 Å². The molecule has 2 atom stereocenters. The summed E-state index contributed by atoms with van der Waals surface area (Å²) >= 11 is 1.64. The number of benzene rings is 1. The number of hydrogen-bond donors (Lipinski definition) is 0. The molecule has 3 rings (SSSR count). The molecule has 5 heteroatoms. The Morgan fingerprint density at radius 2 is 1.79 bits per heavy atom. The van der Waals surface area contributed by atoms with Crippen molar-refractivity contribution < 1.29 is 9.59 Å². The quantitative estimate of drug-likeness (QED) is 0.625. The van der Waals surface area contributed by atoms with Crippen LogP contribution in [0.3, 0.4) is 0 Å². The number of carbonyl (C=O) groups is 2. The summed E-state index contributed by atoms with van der Waals surface area (Å²) in [6.07, 6.45) is 0. The van der Waals surface area contributed by atoms with Crippen molar-refractivity contribution in [2.75, 3.05) is 17.7 Å². The molecule has 0 radical (unpaired) electrons. The molecule has 2 aliphatic rings. The van der Waals surface area contributed by atoms with Gasteiger partial charge in [0.1, 0.15) is 0 Å². The number of fused-ring (bicyclic) bond motifs is 1. The minimum atomic E-state index is -0.891. The molecular formula is C14H16N2O2S. The second kappa shape index (κ2) is 3.76. The lowest BCUT2D eigenvalue weighted by atomic mass is 9.66. The van der Waals surface area contributed by atoms with Gasteiger partial charge in [-0.2, -0.15) is 0 Å². The van der Waals surface area contributed by atoms with Crippen LogP contribution in [0.5, 0.6) is 0 Å². The average molecular weight is 276 g/mol. The summed E-state index contributed by atoms with van der Waals surface area (Å²) in [6, 6.07) is 9.55. The third-order valence-corrected chi connectivity index (χ3v) is 5.69. The molecule has 0 N–H and O–H groups in total. The number of rotatable bonds is 3. The topological polar surface area (TPSA) is 40.6 Å². The number of carbonyl (C=O) groups excluding carboxylic acids is 2. The molecule has 2 heterocycles. The first-order valence-corrected chi connectivity index (χ1v) is 7.32. The Bertz CT molecular complexity index is 562. The van der Waals surface area contributed by atoms with E-state index in [1.54, 1.807) is 35.5 Å². The number of thioether (sulfide) groups is 1. The molecule has 0 aromatic heterocycles. The van der Waals surface area contributed by atoms with Crippen LogP contribution in [0.4, 0.5) is 5.69 Å². The molecule has 100 valence electrons. The Balaban J connectivity index is 2.08. The fraction of sp³-hybridized carbons (Fsp3) is 0.429. The van der Waals surface area contributed by atoms with E-state index in [1.165, 1.54) is 0 Å². The van der Waals surface area contributed by atoms with Gasteiger partial charge in [-0.15, -0.1) is 11.8 Å². The molecule has 2 amide bonds. The third-order valence-electron chi connectivity index (χ3n) is 4.13.